The van der Waals surface area contributed by atoms with Gasteiger partial charge in [0.05, 0.1) is 22.3 Å². The van der Waals surface area contributed by atoms with Crippen molar-refractivity contribution in [2.75, 3.05) is 35.6 Å². The van der Waals surface area contributed by atoms with Crippen molar-refractivity contribution in [1.82, 2.24) is 24.4 Å². The van der Waals surface area contributed by atoms with Gasteiger partial charge in [-0.15, -0.1) is 11.8 Å². The number of rotatable bonds is 3. The molecule has 1 saturated heterocycles. The number of nitrogens with zero attached hydrogens (tertiary/aromatic N) is 6. The van der Waals surface area contributed by atoms with Gasteiger partial charge in [0, 0.05) is 48.5 Å². The number of pyridine rings is 2. The van der Waals surface area contributed by atoms with Gasteiger partial charge in [-0.1, -0.05) is 26.5 Å². The van der Waals surface area contributed by atoms with E-state index in [0.717, 1.165) is 11.3 Å². The Morgan fingerprint density at radius 2 is 1.93 bits per heavy atom. The van der Waals surface area contributed by atoms with Crippen LogP contribution in [0.3, 0.4) is 0 Å². The Morgan fingerprint density at radius 1 is 1.13 bits per heavy atom. The number of aromatic nitrogens is 4. The molecule has 2 bridgehead atoms. The number of hydrogen-bond donors (Lipinski definition) is 1. The number of carbonyl (C=O) groups is 1. The number of thioether (sulfide) groups is 1. The molecule has 9 nitrogen and oxygen atoms in total. The molecule has 1 aromatic carbocycles. The van der Waals surface area contributed by atoms with Crippen molar-refractivity contribution < 1.29 is 13.6 Å². The van der Waals surface area contributed by atoms with Gasteiger partial charge in [-0.05, 0) is 62.3 Å². The molecule has 1 N–H and O–H groups in total. The van der Waals surface area contributed by atoms with Crippen LogP contribution in [-0.2, 0) is 4.79 Å². The van der Waals surface area contributed by atoms with Gasteiger partial charge < -0.3 is 15.1 Å². The molecule has 1 fully saturated rings. The molecule has 6 rings (SSSR count). The minimum Gasteiger partial charge on any atom is -0.384 e. The summed E-state index contributed by atoms with van der Waals surface area (Å²) in [7, 11) is 0. The zero-order valence-corrected chi connectivity index (χ0v) is 26.5. The fourth-order valence-corrected chi connectivity index (χ4v) is 7.17. The quantitative estimate of drug-likeness (QED) is 0.285. The molecular formula is C33H35F2N7O2S. The second-order valence-corrected chi connectivity index (χ2v) is 12.8. The van der Waals surface area contributed by atoms with E-state index in [0.29, 0.717) is 47.8 Å². The standard InChI is InChI=1S/C33H35F2N7O2S/c1-6-26(43)40-14-15-41(20(5)19(40)4)31-21-17-23(35)29-27-22(34)9-7-10-24(27)36-12-8-16-45-25-11-13-37-28(18(2)3)30(25)42(32(21)38-29)33(44)39-31/h6-7,9-11,13,17-20,36H,1,8,12,14-16H2,2-5H3/t19-,20+/m1/s1. The van der Waals surface area contributed by atoms with Crippen molar-refractivity contribution in [3.05, 3.63) is 77.0 Å². The van der Waals surface area contributed by atoms with E-state index >= 15 is 8.78 Å². The molecule has 0 saturated carbocycles. The first-order chi connectivity index (χ1) is 21.6. The number of fused-ring (bicyclic) bond motifs is 5. The van der Waals surface area contributed by atoms with E-state index in [-0.39, 0.29) is 46.6 Å². The summed E-state index contributed by atoms with van der Waals surface area (Å²) in [6.07, 6.45) is 3.74. The third kappa shape index (κ3) is 5.34. The molecule has 2 aliphatic rings. The van der Waals surface area contributed by atoms with Crippen molar-refractivity contribution in [3.63, 3.8) is 0 Å². The first-order valence-corrected chi connectivity index (χ1v) is 16.1. The molecule has 4 aromatic rings. The number of nitrogens with one attached hydrogen (secondary N) is 1. The van der Waals surface area contributed by atoms with Gasteiger partial charge in [0.15, 0.2) is 11.5 Å². The van der Waals surface area contributed by atoms with Gasteiger partial charge >= 0.3 is 5.69 Å². The Kier molecular flexibility index (Phi) is 8.34. The minimum absolute atomic E-state index is 0.00445. The van der Waals surface area contributed by atoms with E-state index in [9.17, 15) is 9.59 Å². The van der Waals surface area contributed by atoms with E-state index in [2.05, 4.69) is 21.9 Å². The molecule has 1 amide bonds. The predicted octanol–water partition coefficient (Wildman–Crippen LogP) is 5.76. The molecule has 2 aliphatic heterocycles. The van der Waals surface area contributed by atoms with Crippen LogP contribution >= 0.6 is 11.8 Å². The Hall–Kier alpha value is -4.32. The van der Waals surface area contributed by atoms with Gasteiger partial charge in [0.1, 0.15) is 17.3 Å². The van der Waals surface area contributed by atoms with E-state index in [1.54, 1.807) is 35.0 Å². The monoisotopic (exact) mass is 631 g/mol. The van der Waals surface area contributed by atoms with Gasteiger partial charge in [-0.3, -0.25) is 9.78 Å². The lowest BCUT2D eigenvalue weighted by atomic mass is 10.0. The van der Waals surface area contributed by atoms with Gasteiger partial charge in [-0.2, -0.15) is 4.98 Å². The van der Waals surface area contributed by atoms with Crippen molar-refractivity contribution in [3.8, 4) is 16.9 Å². The lowest BCUT2D eigenvalue weighted by Gasteiger charge is -2.45. The average Bonchev–Trinajstić information content (AvgIpc) is 3.02. The Labute approximate surface area is 264 Å². The lowest BCUT2D eigenvalue weighted by Crippen LogP contribution is -2.59. The highest BCUT2D eigenvalue weighted by atomic mass is 32.2. The molecule has 0 radical (unpaired) electrons. The topological polar surface area (TPSA) is 96.3 Å². The Morgan fingerprint density at radius 3 is 2.69 bits per heavy atom. The lowest BCUT2D eigenvalue weighted by molar-refractivity contribution is -0.129. The molecule has 5 heterocycles. The van der Waals surface area contributed by atoms with E-state index in [1.807, 2.05) is 38.7 Å². The molecule has 45 heavy (non-hydrogen) atoms. The van der Waals surface area contributed by atoms with Crippen LogP contribution in [0.5, 0.6) is 0 Å². The number of amides is 1. The highest BCUT2D eigenvalue weighted by molar-refractivity contribution is 7.99. The number of piperazine rings is 1. The average molecular weight is 632 g/mol. The summed E-state index contributed by atoms with van der Waals surface area (Å²) in [5.74, 6) is -0.658. The van der Waals surface area contributed by atoms with Crippen molar-refractivity contribution in [1.29, 1.82) is 0 Å². The summed E-state index contributed by atoms with van der Waals surface area (Å²) >= 11 is 1.58. The summed E-state index contributed by atoms with van der Waals surface area (Å²) in [6.45, 7) is 12.7. The summed E-state index contributed by atoms with van der Waals surface area (Å²) in [6, 6.07) is 7.18. The molecule has 0 spiro atoms. The van der Waals surface area contributed by atoms with Crippen LogP contribution in [0.2, 0.25) is 0 Å². The predicted molar refractivity (Wildman–Crippen MR) is 174 cm³/mol. The molecule has 234 valence electrons. The van der Waals surface area contributed by atoms with Crippen molar-refractivity contribution in [2.45, 2.75) is 57.0 Å². The zero-order valence-electron chi connectivity index (χ0n) is 25.7. The maximum absolute atomic E-state index is 16.3. The Bertz CT molecular complexity index is 1880. The van der Waals surface area contributed by atoms with Crippen LogP contribution in [0.4, 0.5) is 20.3 Å². The van der Waals surface area contributed by atoms with E-state index in [1.165, 1.54) is 22.8 Å². The maximum atomic E-state index is 16.3. The number of benzene rings is 1. The summed E-state index contributed by atoms with van der Waals surface area (Å²) in [5.41, 5.74) is 0.959. The first-order valence-electron chi connectivity index (χ1n) is 15.1. The minimum atomic E-state index is -0.746. The third-order valence-electron chi connectivity index (χ3n) is 8.62. The fourth-order valence-electron chi connectivity index (χ4n) is 6.18. The number of carbonyl (C=O) groups excluding carboxylic acids is 1. The van der Waals surface area contributed by atoms with Crippen LogP contribution < -0.4 is 15.9 Å². The maximum Gasteiger partial charge on any atom is 0.355 e. The third-order valence-corrected chi connectivity index (χ3v) is 9.76. The molecule has 3 aromatic heterocycles. The smallest absolute Gasteiger partial charge is 0.355 e. The van der Waals surface area contributed by atoms with Crippen molar-refractivity contribution >= 4 is 40.2 Å². The van der Waals surface area contributed by atoms with E-state index < -0.39 is 17.3 Å². The number of halogens is 2. The highest BCUT2D eigenvalue weighted by Gasteiger charge is 2.35. The SMILES string of the molecule is C=CC(=O)N1CCN(c2nc(=O)n3c4nc(c(F)cc24)-c2c(F)cccc2NCCCSc2ccnc(C(C)C)c2-3)[C@@H](C)[C@H]1C. The first kappa shape index (κ1) is 30.7. The molecule has 0 unspecified atom stereocenters. The zero-order chi connectivity index (χ0) is 32.0. The van der Waals surface area contributed by atoms with Crippen LogP contribution in [-0.4, -0.2) is 67.8 Å². The van der Waals surface area contributed by atoms with Crippen LogP contribution in [0.1, 0.15) is 45.7 Å². The van der Waals surface area contributed by atoms with Gasteiger partial charge in [-0.25, -0.2) is 23.1 Å². The molecule has 12 heteroatoms. The highest BCUT2D eigenvalue weighted by Crippen LogP contribution is 2.38. The normalized spacial score (nSPS) is 18.5. The van der Waals surface area contributed by atoms with Gasteiger partial charge in [0.25, 0.3) is 0 Å². The van der Waals surface area contributed by atoms with Crippen LogP contribution in [0, 0.1) is 11.6 Å². The number of hydrogen-bond acceptors (Lipinski definition) is 8. The summed E-state index contributed by atoms with van der Waals surface area (Å²) in [4.78, 5) is 45.2. The summed E-state index contributed by atoms with van der Waals surface area (Å²) < 4.78 is 33.2. The largest absolute Gasteiger partial charge is 0.384 e. The summed E-state index contributed by atoms with van der Waals surface area (Å²) in [5, 5.41) is 3.56. The molecule has 0 aliphatic carbocycles. The van der Waals surface area contributed by atoms with E-state index in [4.69, 9.17) is 4.98 Å². The van der Waals surface area contributed by atoms with Crippen LogP contribution in [0.25, 0.3) is 28.0 Å². The van der Waals surface area contributed by atoms with Crippen LogP contribution in [0.15, 0.2) is 58.9 Å². The molecular weight excluding hydrogens is 596 g/mol. The van der Waals surface area contributed by atoms with Crippen molar-refractivity contribution in [2.24, 2.45) is 0 Å². The Balaban J connectivity index is 1.69. The molecule has 2 atom stereocenters. The second-order valence-electron chi connectivity index (χ2n) is 11.6. The fraction of sp³-hybridized carbons (Fsp3) is 0.364. The number of anilines is 2. The van der Waals surface area contributed by atoms with Gasteiger partial charge in [0.2, 0.25) is 5.91 Å². The second kappa shape index (κ2) is 12.2.